The molecule has 0 saturated carbocycles. The van der Waals surface area contributed by atoms with E-state index < -0.39 is 17.8 Å². The molecule has 0 fully saturated rings. The second-order valence-electron chi connectivity index (χ2n) is 9.89. The number of alkyl halides is 3. The summed E-state index contributed by atoms with van der Waals surface area (Å²) in [5.41, 5.74) is 3.92. The Balaban J connectivity index is 1.30. The van der Waals surface area contributed by atoms with E-state index in [1.165, 1.54) is 19.5 Å². The molecule has 0 radical (unpaired) electrons. The summed E-state index contributed by atoms with van der Waals surface area (Å²) >= 11 is 0. The number of aromatic nitrogens is 2. The van der Waals surface area contributed by atoms with Crippen LogP contribution in [0.4, 0.5) is 13.2 Å². The highest BCUT2D eigenvalue weighted by Crippen LogP contribution is 2.47. The first-order valence-corrected chi connectivity index (χ1v) is 12.9. The summed E-state index contributed by atoms with van der Waals surface area (Å²) in [5.74, 6) is 0.808. The lowest BCUT2D eigenvalue weighted by atomic mass is 9.90. The van der Waals surface area contributed by atoms with Crippen LogP contribution in [0.15, 0.2) is 73.3 Å². The van der Waals surface area contributed by atoms with Gasteiger partial charge in [0.25, 0.3) is 0 Å². The fourth-order valence-electron chi connectivity index (χ4n) is 5.58. The molecule has 1 aromatic heterocycles. The Morgan fingerprint density at radius 1 is 0.975 bits per heavy atom. The number of fused-ring (bicyclic) bond motifs is 2. The number of ether oxygens (including phenoxy) is 3. The minimum Gasteiger partial charge on any atom is -0.492 e. The number of rotatable bonds is 6. The molecule has 2 atom stereocenters. The number of hydrogen-bond donors (Lipinski definition) is 0. The zero-order valence-electron chi connectivity index (χ0n) is 21.6. The average molecular weight is 547 g/mol. The van der Waals surface area contributed by atoms with Crippen LogP contribution >= 0.6 is 0 Å². The van der Waals surface area contributed by atoms with Gasteiger partial charge in [-0.3, -0.25) is 4.79 Å². The third-order valence-corrected chi connectivity index (χ3v) is 7.51. The maximum absolute atomic E-state index is 14.2. The predicted molar refractivity (Wildman–Crippen MR) is 141 cm³/mol. The van der Waals surface area contributed by atoms with E-state index in [1.54, 1.807) is 42.7 Å². The lowest BCUT2D eigenvalue weighted by Gasteiger charge is -2.20. The van der Waals surface area contributed by atoms with Gasteiger partial charge < -0.3 is 14.2 Å². The van der Waals surface area contributed by atoms with Gasteiger partial charge in [-0.2, -0.15) is 13.2 Å². The van der Waals surface area contributed by atoms with Gasteiger partial charge in [-0.15, -0.1) is 0 Å². The zero-order valence-corrected chi connectivity index (χ0v) is 21.6. The van der Waals surface area contributed by atoms with E-state index in [-0.39, 0.29) is 23.9 Å². The first-order valence-electron chi connectivity index (χ1n) is 12.9. The summed E-state index contributed by atoms with van der Waals surface area (Å²) in [5, 5.41) is 0. The Hall–Kier alpha value is -4.40. The predicted octanol–water partition coefficient (Wildman–Crippen LogP) is 6.93. The third kappa shape index (κ3) is 4.87. The van der Waals surface area contributed by atoms with Crippen molar-refractivity contribution in [1.29, 1.82) is 0 Å². The van der Waals surface area contributed by atoms with Crippen LogP contribution in [0.25, 0.3) is 22.3 Å². The topological polar surface area (TPSA) is 70.5 Å². The minimum absolute atomic E-state index is 0.0899. The number of nitrogens with zero attached hydrogens (tertiary/aromatic N) is 2. The molecule has 1 unspecified atom stereocenters. The van der Waals surface area contributed by atoms with Crippen molar-refractivity contribution in [1.82, 2.24) is 9.97 Å². The van der Waals surface area contributed by atoms with Crippen molar-refractivity contribution in [2.75, 3.05) is 13.7 Å². The summed E-state index contributed by atoms with van der Waals surface area (Å²) < 4.78 is 59.3. The van der Waals surface area contributed by atoms with Crippen LogP contribution in [0, 0.1) is 0 Å². The highest BCUT2D eigenvalue weighted by atomic mass is 19.4. The van der Waals surface area contributed by atoms with E-state index in [4.69, 9.17) is 14.2 Å². The van der Waals surface area contributed by atoms with Crippen LogP contribution in [0.2, 0.25) is 0 Å². The highest BCUT2D eigenvalue weighted by molar-refractivity contribution is 5.76. The molecule has 0 N–H and O–H groups in total. The largest absolute Gasteiger partial charge is 0.492 e. The van der Waals surface area contributed by atoms with Gasteiger partial charge in [0.05, 0.1) is 25.7 Å². The van der Waals surface area contributed by atoms with Crippen LogP contribution in [0.3, 0.4) is 0 Å². The summed E-state index contributed by atoms with van der Waals surface area (Å²) in [4.78, 5) is 19.7. The van der Waals surface area contributed by atoms with Crippen LogP contribution in [0.5, 0.6) is 11.5 Å². The number of carbonyl (C=O) groups excluding carboxylic acids is 1. The molecule has 1 aliphatic heterocycles. The number of hydrogen-bond acceptors (Lipinski definition) is 6. The van der Waals surface area contributed by atoms with Crippen molar-refractivity contribution in [3.8, 4) is 33.8 Å². The maximum Gasteiger partial charge on any atom is 0.417 e. The fraction of sp³-hybridized carbons (Fsp3) is 0.258. The van der Waals surface area contributed by atoms with Gasteiger partial charge in [-0.05, 0) is 52.8 Å². The Morgan fingerprint density at radius 3 is 2.42 bits per heavy atom. The number of carbonyl (C=O) groups is 1. The van der Waals surface area contributed by atoms with E-state index in [0.29, 0.717) is 42.1 Å². The standard InChI is InChI=1S/C31H25F3N2O4/c1-38-29(37)12-20-16-39-28-13-22(6-7-23(20)28)40-27-11-9-25-24(27)8-10-26(31(32,33)34)30(25)19-4-2-18(3-5-19)21-14-35-17-36-15-21/h2-8,10,13-15,17,20,27H,9,11-12,16H2,1H3/t20?,27-/m1/s1. The van der Waals surface area contributed by atoms with Crippen molar-refractivity contribution >= 4 is 5.97 Å². The van der Waals surface area contributed by atoms with Gasteiger partial charge in [0.1, 0.15) is 23.9 Å². The lowest BCUT2D eigenvalue weighted by Crippen LogP contribution is -2.10. The molecule has 40 heavy (non-hydrogen) atoms. The van der Waals surface area contributed by atoms with Crippen molar-refractivity contribution in [2.45, 2.75) is 37.5 Å². The molecule has 9 heteroatoms. The summed E-state index contributed by atoms with van der Waals surface area (Å²) in [6.45, 7) is 0.375. The van der Waals surface area contributed by atoms with Gasteiger partial charge in [-0.1, -0.05) is 36.4 Å². The van der Waals surface area contributed by atoms with Gasteiger partial charge in [0.15, 0.2) is 0 Å². The molecule has 2 heterocycles. The third-order valence-electron chi connectivity index (χ3n) is 7.51. The Labute approximate surface area is 228 Å². The monoisotopic (exact) mass is 546 g/mol. The Kier molecular flexibility index (Phi) is 6.65. The average Bonchev–Trinajstić information content (AvgIpc) is 3.56. The van der Waals surface area contributed by atoms with Crippen molar-refractivity contribution in [3.63, 3.8) is 0 Å². The number of esters is 1. The maximum atomic E-state index is 14.2. The quantitative estimate of drug-likeness (QED) is 0.244. The summed E-state index contributed by atoms with van der Waals surface area (Å²) in [7, 11) is 1.35. The summed E-state index contributed by atoms with van der Waals surface area (Å²) in [6.07, 6.45) is 1.07. The molecule has 3 aromatic carbocycles. The normalized spacial score (nSPS) is 17.6. The van der Waals surface area contributed by atoms with E-state index in [0.717, 1.165) is 28.3 Å². The molecule has 0 saturated heterocycles. The summed E-state index contributed by atoms with van der Waals surface area (Å²) in [6, 6.07) is 15.1. The molecule has 0 amide bonds. The van der Waals surface area contributed by atoms with Crippen LogP contribution in [-0.4, -0.2) is 29.7 Å². The second kappa shape index (κ2) is 10.3. The number of halogens is 3. The molecule has 1 aliphatic carbocycles. The zero-order chi connectivity index (χ0) is 27.9. The molecule has 6 rings (SSSR count). The smallest absolute Gasteiger partial charge is 0.417 e. The van der Waals surface area contributed by atoms with E-state index in [1.807, 2.05) is 12.1 Å². The second-order valence-corrected chi connectivity index (χ2v) is 9.89. The molecular weight excluding hydrogens is 521 g/mol. The molecule has 6 nitrogen and oxygen atoms in total. The van der Waals surface area contributed by atoms with Gasteiger partial charge in [0.2, 0.25) is 0 Å². The highest BCUT2D eigenvalue weighted by Gasteiger charge is 2.38. The van der Waals surface area contributed by atoms with Crippen molar-refractivity contribution in [3.05, 3.63) is 95.6 Å². The van der Waals surface area contributed by atoms with Crippen molar-refractivity contribution < 1.29 is 32.2 Å². The number of methoxy groups -OCH3 is 1. The van der Waals surface area contributed by atoms with Crippen molar-refractivity contribution in [2.24, 2.45) is 0 Å². The van der Waals surface area contributed by atoms with Crippen LogP contribution in [0.1, 0.15) is 47.1 Å². The van der Waals surface area contributed by atoms with E-state index >= 15 is 0 Å². The van der Waals surface area contributed by atoms with E-state index in [9.17, 15) is 18.0 Å². The Morgan fingerprint density at radius 2 is 1.70 bits per heavy atom. The minimum atomic E-state index is -4.51. The lowest BCUT2D eigenvalue weighted by molar-refractivity contribution is -0.141. The molecular formula is C31H25F3N2O4. The van der Waals surface area contributed by atoms with Crippen LogP contribution < -0.4 is 9.47 Å². The molecule has 0 bridgehead atoms. The van der Waals surface area contributed by atoms with E-state index in [2.05, 4.69) is 9.97 Å². The first-order chi connectivity index (χ1) is 19.3. The molecule has 4 aromatic rings. The SMILES string of the molecule is COC(=O)CC1COc2cc(O[C@@H]3CCc4c3ccc(C(F)(F)F)c4-c3ccc(-c4cncnc4)cc3)ccc21. The molecule has 0 spiro atoms. The first kappa shape index (κ1) is 25.9. The van der Waals surface area contributed by atoms with Gasteiger partial charge >= 0.3 is 12.1 Å². The van der Waals surface area contributed by atoms with Crippen LogP contribution in [-0.2, 0) is 22.1 Å². The van der Waals surface area contributed by atoms with Gasteiger partial charge in [0, 0.05) is 35.5 Å². The molecule has 2 aliphatic rings. The van der Waals surface area contributed by atoms with Gasteiger partial charge in [-0.25, -0.2) is 9.97 Å². The fourth-order valence-corrected chi connectivity index (χ4v) is 5.58. The molecule has 204 valence electrons. The number of benzene rings is 3. The Bertz CT molecular complexity index is 1560.